The molecular weight excluding hydrogens is 324 g/mol. The van der Waals surface area contributed by atoms with E-state index in [1.807, 2.05) is 0 Å². The molecule has 0 spiro atoms. The number of benzene rings is 1. The van der Waals surface area contributed by atoms with Gasteiger partial charge in [-0.05, 0) is 66.2 Å². The molecular formula is C16H22BrF2N. The highest BCUT2D eigenvalue weighted by Gasteiger charge is 2.26. The normalized spacial score (nSPS) is 23.6. The van der Waals surface area contributed by atoms with Crippen molar-refractivity contribution in [2.75, 3.05) is 6.54 Å². The highest BCUT2D eigenvalue weighted by molar-refractivity contribution is 9.10. The lowest BCUT2D eigenvalue weighted by Gasteiger charge is -2.22. The first kappa shape index (κ1) is 15.9. The Balaban J connectivity index is 2.20. The minimum Gasteiger partial charge on any atom is -0.314 e. The van der Waals surface area contributed by atoms with E-state index in [1.165, 1.54) is 12.1 Å². The van der Waals surface area contributed by atoms with Gasteiger partial charge in [0.15, 0.2) is 0 Å². The van der Waals surface area contributed by atoms with Gasteiger partial charge in [-0.25, -0.2) is 8.78 Å². The van der Waals surface area contributed by atoms with Crippen LogP contribution in [0, 0.1) is 11.6 Å². The quantitative estimate of drug-likeness (QED) is 0.588. The highest BCUT2D eigenvalue weighted by Crippen LogP contribution is 2.36. The number of hydrogen-bond acceptors (Lipinski definition) is 1. The maximum atomic E-state index is 14.3. The van der Waals surface area contributed by atoms with Gasteiger partial charge in [0.05, 0.1) is 4.47 Å². The SMILES string of the molecule is CCCNC1CCCCC(c2c(F)ccc(Br)c2F)C1. The molecule has 0 heterocycles. The fourth-order valence-corrected chi connectivity index (χ4v) is 3.42. The van der Waals surface area contributed by atoms with Crippen molar-refractivity contribution >= 4 is 15.9 Å². The van der Waals surface area contributed by atoms with E-state index in [0.29, 0.717) is 10.5 Å². The maximum Gasteiger partial charge on any atom is 0.143 e. The lowest BCUT2D eigenvalue weighted by Crippen LogP contribution is -2.30. The molecule has 1 saturated carbocycles. The van der Waals surface area contributed by atoms with Crippen LogP contribution in [0.2, 0.25) is 0 Å². The lowest BCUT2D eigenvalue weighted by atomic mass is 9.89. The molecule has 1 aliphatic rings. The molecule has 0 aliphatic heterocycles. The molecule has 0 bridgehead atoms. The van der Waals surface area contributed by atoms with Gasteiger partial charge < -0.3 is 5.32 Å². The zero-order chi connectivity index (χ0) is 14.5. The van der Waals surface area contributed by atoms with E-state index >= 15 is 0 Å². The minimum absolute atomic E-state index is 0.0237. The van der Waals surface area contributed by atoms with Crippen molar-refractivity contribution < 1.29 is 8.78 Å². The Kier molecular flexibility index (Phi) is 5.97. The van der Waals surface area contributed by atoms with Crippen LogP contribution in [0.15, 0.2) is 16.6 Å². The third kappa shape index (κ3) is 3.79. The highest BCUT2D eigenvalue weighted by atomic mass is 79.9. The van der Waals surface area contributed by atoms with Crippen LogP contribution in [0.4, 0.5) is 8.78 Å². The molecule has 1 aromatic rings. The summed E-state index contributed by atoms with van der Waals surface area (Å²) in [5, 5.41) is 3.51. The molecule has 2 rings (SSSR count). The average Bonchev–Trinajstić information content (AvgIpc) is 2.67. The Morgan fingerprint density at radius 1 is 1.25 bits per heavy atom. The molecule has 0 radical (unpaired) electrons. The first-order valence-electron chi connectivity index (χ1n) is 7.50. The second-order valence-corrected chi connectivity index (χ2v) is 6.48. The lowest BCUT2D eigenvalue weighted by molar-refractivity contribution is 0.422. The summed E-state index contributed by atoms with van der Waals surface area (Å²) in [7, 11) is 0. The van der Waals surface area contributed by atoms with Crippen molar-refractivity contribution in [3.63, 3.8) is 0 Å². The summed E-state index contributed by atoms with van der Waals surface area (Å²) in [6.45, 7) is 3.11. The molecule has 1 nitrogen and oxygen atoms in total. The van der Waals surface area contributed by atoms with Gasteiger partial charge in [-0.15, -0.1) is 0 Å². The van der Waals surface area contributed by atoms with Crippen molar-refractivity contribution in [2.24, 2.45) is 0 Å². The molecule has 20 heavy (non-hydrogen) atoms. The second-order valence-electron chi connectivity index (χ2n) is 5.62. The Hall–Kier alpha value is -0.480. The summed E-state index contributed by atoms with van der Waals surface area (Å²) in [5.74, 6) is -0.859. The third-order valence-corrected chi connectivity index (χ3v) is 4.71. The first-order chi connectivity index (χ1) is 9.63. The van der Waals surface area contributed by atoms with Crippen LogP contribution in [-0.2, 0) is 0 Å². The number of halogens is 3. The summed E-state index contributed by atoms with van der Waals surface area (Å²) in [6.07, 6.45) is 6.06. The van der Waals surface area contributed by atoms with Gasteiger partial charge >= 0.3 is 0 Å². The Morgan fingerprint density at radius 3 is 2.75 bits per heavy atom. The fourth-order valence-electron chi connectivity index (χ4n) is 3.07. The summed E-state index contributed by atoms with van der Waals surface area (Å²) in [5.41, 5.74) is 0.268. The summed E-state index contributed by atoms with van der Waals surface area (Å²) in [6, 6.07) is 3.18. The van der Waals surface area contributed by atoms with Crippen LogP contribution in [0.3, 0.4) is 0 Å². The zero-order valence-corrected chi connectivity index (χ0v) is 13.5. The molecule has 2 unspecified atom stereocenters. The van der Waals surface area contributed by atoms with E-state index in [9.17, 15) is 8.78 Å². The predicted octanol–water partition coefficient (Wildman–Crippen LogP) is 5.14. The monoisotopic (exact) mass is 345 g/mol. The molecule has 4 heteroatoms. The Labute approximate surface area is 128 Å². The number of rotatable bonds is 4. The average molecular weight is 346 g/mol. The van der Waals surface area contributed by atoms with E-state index in [0.717, 1.165) is 45.1 Å². The second kappa shape index (κ2) is 7.51. The van der Waals surface area contributed by atoms with Gasteiger partial charge in [0.25, 0.3) is 0 Å². The van der Waals surface area contributed by atoms with E-state index in [2.05, 4.69) is 28.2 Å². The summed E-state index contributed by atoms with van der Waals surface area (Å²) < 4.78 is 28.7. The summed E-state index contributed by atoms with van der Waals surface area (Å²) >= 11 is 3.17. The number of hydrogen-bond donors (Lipinski definition) is 1. The largest absolute Gasteiger partial charge is 0.314 e. The molecule has 1 aliphatic carbocycles. The van der Waals surface area contributed by atoms with Crippen molar-refractivity contribution in [2.45, 2.75) is 57.4 Å². The predicted molar refractivity (Wildman–Crippen MR) is 82.0 cm³/mol. The molecule has 1 aromatic carbocycles. The smallest absolute Gasteiger partial charge is 0.143 e. The first-order valence-corrected chi connectivity index (χ1v) is 8.29. The topological polar surface area (TPSA) is 12.0 Å². The van der Waals surface area contributed by atoms with Crippen molar-refractivity contribution in [1.29, 1.82) is 0 Å². The molecule has 0 amide bonds. The van der Waals surface area contributed by atoms with E-state index in [4.69, 9.17) is 0 Å². The van der Waals surface area contributed by atoms with E-state index in [-0.39, 0.29) is 11.5 Å². The minimum atomic E-state index is -0.425. The van der Waals surface area contributed by atoms with Crippen LogP contribution < -0.4 is 5.32 Å². The molecule has 0 saturated heterocycles. The molecule has 112 valence electrons. The molecule has 2 atom stereocenters. The van der Waals surface area contributed by atoms with Crippen LogP contribution in [0.5, 0.6) is 0 Å². The van der Waals surface area contributed by atoms with Crippen molar-refractivity contribution in [3.8, 4) is 0 Å². The van der Waals surface area contributed by atoms with Crippen LogP contribution >= 0.6 is 15.9 Å². The molecule has 1 fully saturated rings. The molecule has 0 aromatic heterocycles. The van der Waals surface area contributed by atoms with Crippen LogP contribution in [0.1, 0.15) is 56.9 Å². The van der Waals surface area contributed by atoms with Gasteiger partial charge in [0.2, 0.25) is 0 Å². The van der Waals surface area contributed by atoms with Crippen molar-refractivity contribution in [3.05, 3.63) is 33.8 Å². The standard InChI is InChI=1S/C16H22BrF2N/c1-2-9-20-12-6-4-3-5-11(10-12)15-14(18)8-7-13(17)16(15)19/h7-8,11-12,20H,2-6,9-10H2,1H3. The maximum absolute atomic E-state index is 14.3. The molecule has 1 N–H and O–H groups in total. The third-order valence-electron chi connectivity index (χ3n) is 4.09. The number of nitrogens with one attached hydrogen (secondary N) is 1. The fraction of sp³-hybridized carbons (Fsp3) is 0.625. The zero-order valence-electron chi connectivity index (χ0n) is 11.9. The van der Waals surface area contributed by atoms with Gasteiger partial charge in [-0.2, -0.15) is 0 Å². The van der Waals surface area contributed by atoms with Crippen LogP contribution in [-0.4, -0.2) is 12.6 Å². The summed E-state index contributed by atoms with van der Waals surface area (Å²) in [4.78, 5) is 0. The van der Waals surface area contributed by atoms with Gasteiger partial charge in [-0.1, -0.05) is 19.8 Å². The van der Waals surface area contributed by atoms with E-state index < -0.39 is 11.6 Å². The Bertz CT molecular complexity index is 450. The Morgan fingerprint density at radius 2 is 2.00 bits per heavy atom. The van der Waals surface area contributed by atoms with Crippen molar-refractivity contribution in [1.82, 2.24) is 5.32 Å². The van der Waals surface area contributed by atoms with Gasteiger partial charge in [0.1, 0.15) is 11.6 Å². The van der Waals surface area contributed by atoms with Gasteiger partial charge in [0, 0.05) is 11.6 Å². The van der Waals surface area contributed by atoms with E-state index in [1.54, 1.807) is 0 Å². The van der Waals surface area contributed by atoms with Crippen LogP contribution in [0.25, 0.3) is 0 Å². The van der Waals surface area contributed by atoms with Gasteiger partial charge in [-0.3, -0.25) is 0 Å².